The van der Waals surface area contributed by atoms with Crippen molar-refractivity contribution in [3.8, 4) is 22.5 Å². The predicted octanol–water partition coefficient (Wildman–Crippen LogP) is 14.9. The minimum absolute atomic E-state index is 0. The van der Waals surface area contributed by atoms with Gasteiger partial charge in [-0.1, -0.05) is 117 Å². The van der Waals surface area contributed by atoms with E-state index in [2.05, 4.69) is 104 Å². The number of aliphatic hydroxyl groups is 1. The van der Waals surface area contributed by atoms with Crippen LogP contribution in [-0.2, 0) is 24.9 Å². The van der Waals surface area contributed by atoms with Gasteiger partial charge in [-0.25, -0.2) is 0 Å². The molecule has 0 spiro atoms. The zero-order valence-electron chi connectivity index (χ0n) is 39.8. The van der Waals surface area contributed by atoms with Gasteiger partial charge in [-0.05, 0) is 102 Å². The molecule has 4 aromatic carbocycles. The Morgan fingerprint density at radius 1 is 0.763 bits per heavy atom. The number of aromatic nitrogens is 2. The molecule has 1 N–H and O–H groups in total. The Kier molecular flexibility index (Phi) is 15.7. The van der Waals surface area contributed by atoms with Crippen LogP contribution in [0.5, 0.6) is 0 Å². The van der Waals surface area contributed by atoms with Crippen LogP contribution in [0.2, 0.25) is 0 Å². The standard InChI is InChI=1S/C22H22N.C18H16N.C14H26O2.Ir/c1-15-11-16(2)13-20(12-15)22-21-8-7-18(17-5-3-4-6-17)14-19(21)9-10-23-22;1-12-4-5-17-15(9-12)6-7-19-18(17)16-10-13(2)8-14(3)11-16;1-6-11(7-2)12(15)10-13(16)14(5,8-3)9-4;/h7-12,14,17H,3-6H2,1-2H3;4-10H,1-3H3;10-11,16H,6-9H2,1-5H3;/q2*-1;;/b;;13-10-;/i9D,10D;7D;;. The molecule has 0 aliphatic heterocycles. The summed E-state index contributed by atoms with van der Waals surface area (Å²) < 4.78 is 24.4. The van der Waals surface area contributed by atoms with Gasteiger partial charge in [0.2, 0.25) is 0 Å². The molecule has 313 valence electrons. The molecule has 0 amide bonds. The molecule has 1 radical (unpaired) electrons. The summed E-state index contributed by atoms with van der Waals surface area (Å²) in [5, 5.41) is 13.9. The summed E-state index contributed by atoms with van der Waals surface area (Å²) in [5.74, 6) is 0.965. The van der Waals surface area contributed by atoms with Crippen LogP contribution in [0.3, 0.4) is 0 Å². The van der Waals surface area contributed by atoms with E-state index in [0.29, 0.717) is 12.1 Å². The van der Waals surface area contributed by atoms with Crippen LogP contribution in [-0.4, -0.2) is 20.9 Å². The van der Waals surface area contributed by atoms with Crippen LogP contribution in [0.4, 0.5) is 0 Å². The summed E-state index contributed by atoms with van der Waals surface area (Å²) in [5.41, 5.74) is 10.2. The Hall–Kier alpha value is -4.44. The number of carbonyl (C=O) groups is 1. The summed E-state index contributed by atoms with van der Waals surface area (Å²) in [6.45, 7) is 20.3. The number of hydrogen-bond donors (Lipinski definition) is 1. The van der Waals surface area contributed by atoms with E-state index >= 15 is 0 Å². The van der Waals surface area contributed by atoms with Crippen molar-refractivity contribution in [2.75, 3.05) is 0 Å². The van der Waals surface area contributed by atoms with Crippen molar-refractivity contribution in [3.05, 3.63) is 142 Å². The van der Waals surface area contributed by atoms with Crippen molar-refractivity contribution >= 4 is 27.3 Å². The van der Waals surface area contributed by atoms with Gasteiger partial charge in [0.25, 0.3) is 0 Å². The van der Waals surface area contributed by atoms with E-state index in [-0.39, 0.29) is 55.2 Å². The molecule has 1 saturated carbocycles. The normalized spacial score (nSPS) is 13.8. The van der Waals surface area contributed by atoms with Crippen LogP contribution in [0.1, 0.15) is 129 Å². The van der Waals surface area contributed by atoms with Gasteiger partial charge in [-0.3, -0.25) is 4.79 Å². The zero-order chi connectivity index (χ0) is 44.6. The second-order valence-electron chi connectivity index (χ2n) is 16.5. The van der Waals surface area contributed by atoms with Gasteiger partial charge in [0.1, 0.15) is 5.76 Å². The number of benzene rings is 4. The molecular formula is C54H64IrN2O2-2. The Labute approximate surface area is 372 Å². The van der Waals surface area contributed by atoms with Gasteiger partial charge in [0.15, 0.2) is 5.78 Å². The van der Waals surface area contributed by atoms with Gasteiger partial charge in [-0.15, -0.1) is 69.8 Å². The SMILES string of the molecule is CCC(CC)C(=O)/C=C(\O)C(C)(CC)CC.[2H]c1cc2cc(C)ccc2c(-c2[c-]c(C)cc(C)c2)n1.[2H]c1nc(-c2[c-]c(C)cc(C)c2)c2ccc(C3CCCC3)cc2c1[2H].[Ir]. The van der Waals surface area contributed by atoms with Gasteiger partial charge < -0.3 is 15.1 Å². The smallest absolute Gasteiger partial charge is 0.162 e. The molecule has 1 aliphatic carbocycles. The Morgan fingerprint density at radius 2 is 1.31 bits per heavy atom. The number of hydrogen-bond acceptors (Lipinski definition) is 4. The zero-order valence-corrected chi connectivity index (χ0v) is 39.2. The van der Waals surface area contributed by atoms with Gasteiger partial charge in [0, 0.05) is 49.9 Å². The number of pyridine rings is 2. The second-order valence-corrected chi connectivity index (χ2v) is 16.5. The number of aliphatic hydroxyl groups excluding tert-OH is 1. The maximum Gasteiger partial charge on any atom is 0.162 e. The molecular weight excluding hydrogens is 901 g/mol. The number of carbonyl (C=O) groups excluding carboxylic acids is 1. The molecule has 5 heteroatoms. The van der Waals surface area contributed by atoms with E-state index in [1.54, 1.807) is 0 Å². The summed E-state index contributed by atoms with van der Waals surface area (Å²) in [7, 11) is 0. The molecule has 1 fully saturated rings. The predicted molar refractivity (Wildman–Crippen MR) is 245 cm³/mol. The maximum absolute atomic E-state index is 11.9. The number of nitrogens with zero attached hydrogens (tertiary/aromatic N) is 2. The molecule has 2 aromatic heterocycles. The Morgan fingerprint density at radius 3 is 1.85 bits per heavy atom. The van der Waals surface area contributed by atoms with Crippen molar-refractivity contribution in [1.82, 2.24) is 9.97 Å². The first-order valence-corrected chi connectivity index (χ1v) is 21.3. The van der Waals surface area contributed by atoms with Crippen molar-refractivity contribution in [1.29, 1.82) is 0 Å². The molecule has 6 aromatic rings. The average Bonchev–Trinajstić information content (AvgIpc) is 3.77. The fourth-order valence-electron chi connectivity index (χ4n) is 8.02. The number of aryl methyl sites for hydroxylation is 5. The van der Waals surface area contributed by atoms with Crippen molar-refractivity contribution in [3.63, 3.8) is 0 Å². The monoisotopic (exact) mass is 968 g/mol. The molecule has 0 atom stereocenters. The molecule has 1 aliphatic rings. The number of allylic oxidation sites excluding steroid dienone is 2. The molecule has 7 rings (SSSR count). The molecule has 59 heavy (non-hydrogen) atoms. The summed E-state index contributed by atoms with van der Waals surface area (Å²) in [6.07, 6.45) is 10.2. The molecule has 2 heterocycles. The molecule has 4 nitrogen and oxygen atoms in total. The van der Waals surface area contributed by atoms with E-state index in [0.717, 1.165) is 86.4 Å². The van der Waals surface area contributed by atoms with Crippen LogP contribution in [0.25, 0.3) is 44.1 Å². The Balaban J connectivity index is 0.000000209. The summed E-state index contributed by atoms with van der Waals surface area (Å²) in [6, 6.07) is 29.7. The minimum atomic E-state index is -0.248. The summed E-state index contributed by atoms with van der Waals surface area (Å²) in [4.78, 5) is 20.7. The van der Waals surface area contributed by atoms with Crippen molar-refractivity contribution in [2.24, 2.45) is 11.3 Å². The molecule has 0 unspecified atom stereocenters. The summed E-state index contributed by atoms with van der Waals surface area (Å²) >= 11 is 0. The van der Waals surface area contributed by atoms with Gasteiger partial charge in [-0.2, -0.15) is 0 Å². The fourth-order valence-corrected chi connectivity index (χ4v) is 8.02. The first-order chi connectivity index (χ1) is 29.0. The first-order valence-electron chi connectivity index (χ1n) is 22.8. The first kappa shape index (κ1) is 42.7. The van der Waals surface area contributed by atoms with Crippen molar-refractivity contribution < 1.29 is 34.1 Å². The number of rotatable bonds is 10. The van der Waals surface area contributed by atoms with Gasteiger partial charge >= 0.3 is 0 Å². The quantitative estimate of drug-likeness (QED) is 0.0844. The number of fused-ring (bicyclic) bond motifs is 2. The third-order valence-electron chi connectivity index (χ3n) is 12.0. The van der Waals surface area contributed by atoms with E-state index in [1.807, 2.05) is 54.5 Å². The number of ketones is 1. The van der Waals surface area contributed by atoms with Crippen LogP contribution in [0, 0.1) is 58.1 Å². The van der Waals surface area contributed by atoms with Crippen LogP contribution >= 0.6 is 0 Å². The van der Waals surface area contributed by atoms with Crippen LogP contribution < -0.4 is 0 Å². The minimum Gasteiger partial charge on any atom is -0.512 e. The topological polar surface area (TPSA) is 63.1 Å². The Bertz CT molecular complexity index is 2490. The molecule has 0 bridgehead atoms. The van der Waals surface area contributed by atoms with Gasteiger partial charge in [0.05, 0.1) is 4.11 Å². The van der Waals surface area contributed by atoms with E-state index in [4.69, 9.17) is 4.11 Å². The largest absolute Gasteiger partial charge is 0.512 e. The maximum atomic E-state index is 11.9. The van der Waals surface area contributed by atoms with E-state index in [9.17, 15) is 9.90 Å². The van der Waals surface area contributed by atoms with Crippen LogP contribution in [0.15, 0.2) is 97.0 Å². The third-order valence-corrected chi connectivity index (χ3v) is 12.0. The molecule has 0 saturated heterocycles. The average molecular weight is 968 g/mol. The van der Waals surface area contributed by atoms with E-state index in [1.165, 1.54) is 48.4 Å². The van der Waals surface area contributed by atoms with E-state index < -0.39 is 0 Å². The van der Waals surface area contributed by atoms with Crippen molar-refractivity contribution in [2.45, 2.75) is 127 Å². The second kappa shape index (κ2) is 21.7. The fraction of sp³-hybridized carbons (Fsp3) is 0.389. The third kappa shape index (κ3) is 12.1.